The normalized spacial score (nSPS) is 20.6. The fourth-order valence-corrected chi connectivity index (χ4v) is 4.08. The lowest BCUT2D eigenvalue weighted by Crippen LogP contribution is -2.48. The van der Waals surface area contributed by atoms with Crippen molar-refractivity contribution < 1.29 is 14.0 Å². The van der Waals surface area contributed by atoms with Crippen LogP contribution in [0.1, 0.15) is 44.0 Å². The molecule has 2 atom stereocenters. The third kappa shape index (κ3) is 4.25. The van der Waals surface area contributed by atoms with Crippen LogP contribution >= 0.6 is 11.8 Å². The van der Waals surface area contributed by atoms with Gasteiger partial charge in [0.15, 0.2) is 0 Å². The van der Waals surface area contributed by atoms with Crippen LogP contribution in [0.3, 0.4) is 0 Å². The van der Waals surface area contributed by atoms with Crippen LogP contribution in [0.4, 0.5) is 4.39 Å². The van der Waals surface area contributed by atoms with Gasteiger partial charge < -0.3 is 10.2 Å². The molecule has 0 radical (unpaired) electrons. The summed E-state index contributed by atoms with van der Waals surface area (Å²) < 4.78 is 13.5. The minimum Gasteiger partial charge on any atom is -0.354 e. The van der Waals surface area contributed by atoms with Gasteiger partial charge in [-0.1, -0.05) is 26.0 Å². The van der Waals surface area contributed by atoms with E-state index in [-0.39, 0.29) is 23.0 Å². The minimum absolute atomic E-state index is 0.0524. The Morgan fingerprint density at radius 2 is 2.13 bits per heavy atom. The van der Waals surface area contributed by atoms with Gasteiger partial charge in [-0.05, 0) is 30.5 Å². The van der Waals surface area contributed by atoms with Crippen molar-refractivity contribution in [1.29, 1.82) is 0 Å². The Hall–Kier alpha value is -1.56. The Labute approximate surface area is 140 Å². The van der Waals surface area contributed by atoms with E-state index in [2.05, 4.69) is 5.32 Å². The molecule has 23 heavy (non-hydrogen) atoms. The number of hydrogen-bond donors (Lipinski definition) is 1. The van der Waals surface area contributed by atoms with E-state index < -0.39 is 6.04 Å². The van der Waals surface area contributed by atoms with E-state index in [1.54, 1.807) is 17.0 Å². The molecule has 1 fully saturated rings. The number of rotatable bonds is 6. The second kappa shape index (κ2) is 8.34. The number of carbonyl (C=O) groups is 2. The van der Waals surface area contributed by atoms with Crippen molar-refractivity contribution >= 4 is 23.6 Å². The average molecular weight is 338 g/mol. The molecule has 6 heteroatoms. The van der Waals surface area contributed by atoms with Crippen molar-refractivity contribution in [1.82, 2.24) is 10.2 Å². The molecule has 0 bridgehead atoms. The molecule has 0 aromatic heterocycles. The molecule has 2 amide bonds. The fraction of sp³-hybridized carbons (Fsp3) is 0.529. The largest absolute Gasteiger partial charge is 0.354 e. The summed E-state index contributed by atoms with van der Waals surface area (Å²) >= 11 is 1.51. The molecule has 1 N–H and O–H groups in total. The van der Waals surface area contributed by atoms with E-state index in [0.717, 1.165) is 18.4 Å². The van der Waals surface area contributed by atoms with Crippen LogP contribution in [-0.2, 0) is 9.59 Å². The summed E-state index contributed by atoms with van der Waals surface area (Å²) in [6.07, 6.45) is 1.96. The highest BCUT2D eigenvalue weighted by Crippen LogP contribution is 2.42. The van der Waals surface area contributed by atoms with Gasteiger partial charge in [0.1, 0.15) is 17.2 Å². The average Bonchev–Trinajstić information content (AvgIpc) is 2.98. The summed E-state index contributed by atoms with van der Waals surface area (Å²) in [5.74, 6) is 0.0302. The van der Waals surface area contributed by atoms with Gasteiger partial charge in [0.25, 0.3) is 0 Å². The second-order valence-electron chi connectivity index (χ2n) is 5.60. The summed E-state index contributed by atoms with van der Waals surface area (Å²) in [4.78, 5) is 26.5. The van der Waals surface area contributed by atoms with E-state index in [4.69, 9.17) is 0 Å². The molecule has 126 valence electrons. The van der Waals surface area contributed by atoms with Crippen molar-refractivity contribution in [3.63, 3.8) is 0 Å². The number of nitrogens with zero attached hydrogens (tertiary/aromatic N) is 1. The SMILES string of the molecule is CCCNC(=O)C1CSC(c2cccc(F)c2)N1C(=O)CCC. The van der Waals surface area contributed by atoms with Crippen LogP contribution in [0, 0.1) is 5.82 Å². The van der Waals surface area contributed by atoms with Crippen LogP contribution in [0.25, 0.3) is 0 Å². The number of benzene rings is 1. The monoisotopic (exact) mass is 338 g/mol. The molecule has 2 unspecified atom stereocenters. The highest BCUT2D eigenvalue weighted by atomic mass is 32.2. The maximum Gasteiger partial charge on any atom is 0.243 e. The van der Waals surface area contributed by atoms with Crippen molar-refractivity contribution in [3.8, 4) is 0 Å². The molecule has 1 aromatic rings. The smallest absolute Gasteiger partial charge is 0.243 e. The zero-order chi connectivity index (χ0) is 16.8. The Balaban J connectivity index is 2.24. The summed E-state index contributed by atoms with van der Waals surface area (Å²) in [6, 6.07) is 5.78. The number of halogens is 1. The third-order valence-corrected chi connectivity index (χ3v) is 5.06. The molecule has 1 aromatic carbocycles. The highest BCUT2D eigenvalue weighted by molar-refractivity contribution is 7.99. The first-order valence-corrected chi connectivity index (χ1v) is 9.09. The van der Waals surface area contributed by atoms with Crippen LogP contribution in [0.5, 0.6) is 0 Å². The number of carbonyl (C=O) groups excluding carboxylic acids is 2. The van der Waals surface area contributed by atoms with Gasteiger partial charge in [-0.2, -0.15) is 0 Å². The highest BCUT2D eigenvalue weighted by Gasteiger charge is 2.41. The molecule has 0 aliphatic carbocycles. The van der Waals surface area contributed by atoms with Gasteiger partial charge in [0, 0.05) is 18.7 Å². The van der Waals surface area contributed by atoms with Crippen LogP contribution in [0.15, 0.2) is 24.3 Å². The van der Waals surface area contributed by atoms with E-state index in [0.29, 0.717) is 18.7 Å². The summed E-state index contributed by atoms with van der Waals surface area (Å²) in [7, 11) is 0. The van der Waals surface area contributed by atoms with Gasteiger partial charge in [-0.15, -0.1) is 11.8 Å². The van der Waals surface area contributed by atoms with Gasteiger partial charge in [0.05, 0.1) is 0 Å². The van der Waals surface area contributed by atoms with Gasteiger partial charge in [-0.3, -0.25) is 9.59 Å². The topological polar surface area (TPSA) is 49.4 Å². The first kappa shape index (κ1) is 17.8. The van der Waals surface area contributed by atoms with Crippen LogP contribution in [0.2, 0.25) is 0 Å². The van der Waals surface area contributed by atoms with Gasteiger partial charge >= 0.3 is 0 Å². The molecular formula is C17H23FN2O2S. The van der Waals surface area contributed by atoms with Crippen LogP contribution < -0.4 is 5.32 Å². The molecule has 1 saturated heterocycles. The molecule has 2 rings (SSSR count). The first-order chi connectivity index (χ1) is 11.1. The third-order valence-electron chi connectivity index (χ3n) is 3.74. The van der Waals surface area contributed by atoms with Gasteiger partial charge in [0.2, 0.25) is 11.8 Å². The zero-order valence-corrected chi connectivity index (χ0v) is 14.4. The Kier molecular flexibility index (Phi) is 6.45. The first-order valence-electron chi connectivity index (χ1n) is 8.04. The van der Waals surface area contributed by atoms with E-state index in [9.17, 15) is 14.0 Å². The molecule has 1 aliphatic heterocycles. The predicted molar refractivity (Wildman–Crippen MR) is 90.4 cm³/mol. The summed E-state index contributed by atoms with van der Waals surface area (Å²) in [6.45, 7) is 4.52. The van der Waals surface area contributed by atoms with E-state index >= 15 is 0 Å². The summed E-state index contributed by atoms with van der Waals surface area (Å²) in [5, 5.41) is 2.56. The number of amides is 2. The Bertz CT molecular complexity index is 567. The summed E-state index contributed by atoms with van der Waals surface area (Å²) in [5.41, 5.74) is 0.727. The Morgan fingerprint density at radius 3 is 2.78 bits per heavy atom. The Morgan fingerprint density at radius 1 is 1.35 bits per heavy atom. The minimum atomic E-state index is -0.487. The molecule has 1 heterocycles. The van der Waals surface area contributed by atoms with Crippen molar-refractivity contribution in [2.75, 3.05) is 12.3 Å². The molecular weight excluding hydrogens is 315 g/mol. The number of hydrogen-bond acceptors (Lipinski definition) is 3. The maximum absolute atomic E-state index is 13.5. The lowest BCUT2D eigenvalue weighted by Gasteiger charge is -2.29. The second-order valence-corrected chi connectivity index (χ2v) is 6.71. The lowest BCUT2D eigenvalue weighted by molar-refractivity contribution is -0.139. The maximum atomic E-state index is 13.5. The van der Waals surface area contributed by atoms with Crippen molar-refractivity contribution in [2.24, 2.45) is 0 Å². The van der Waals surface area contributed by atoms with E-state index in [1.165, 1.54) is 23.9 Å². The molecule has 4 nitrogen and oxygen atoms in total. The van der Waals surface area contributed by atoms with Gasteiger partial charge in [-0.25, -0.2) is 4.39 Å². The van der Waals surface area contributed by atoms with E-state index in [1.807, 2.05) is 13.8 Å². The van der Waals surface area contributed by atoms with Crippen molar-refractivity contribution in [3.05, 3.63) is 35.6 Å². The fourth-order valence-electron chi connectivity index (χ4n) is 2.64. The predicted octanol–water partition coefficient (Wildman–Crippen LogP) is 3.09. The molecule has 0 spiro atoms. The molecule has 0 saturated carbocycles. The quantitative estimate of drug-likeness (QED) is 0.867. The standard InChI is InChI=1S/C17H23FN2O2S/c1-3-6-15(21)20-14(16(22)19-9-4-2)11-23-17(20)12-7-5-8-13(18)10-12/h5,7-8,10,14,17H,3-4,6,9,11H2,1-2H3,(H,19,22). The van der Waals surface area contributed by atoms with Crippen molar-refractivity contribution in [2.45, 2.75) is 44.5 Å². The number of thioether (sulfide) groups is 1. The number of nitrogens with one attached hydrogen (secondary N) is 1. The van der Waals surface area contributed by atoms with Crippen LogP contribution in [-0.4, -0.2) is 35.1 Å². The molecule has 1 aliphatic rings. The lowest BCUT2D eigenvalue weighted by atomic mass is 10.1. The zero-order valence-electron chi connectivity index (χ0n) is 13.5.